The number of nitrogens with zero attached hydrogens (tertiary/aromatic N) is 2. The van der Waals surface area contributed by atoms with Crippen LogP contribution in [0.4, 0.5) is 0 Å². The van der Waals surface area contributed by atoms with Crippen LogP contribution in [0.25, 0.3) is 0 Å². The zero-order valence-electron chi connectivity index (χ0n) is 10.9. The number of sulfonamides is 1. The molecule has 0 bridgehead atoms. The third kappa shape index (κ3) is 2.82. The van der Waals surface area contributed by atoms with Crippen LogP contribution in [0, 0.1) is 0 Å². The lowest BCUT2D eigenvalue weighted by molar-refractivity contribution is 0.428. The number of aromatic nitrogens is 2. The average Bonchev–Trinajstić information content (AvgIpc) is 2.84. The molecule has 1 saturated heterocycles. The van der Waals surface area contributed by atoms with Crippen molar-refractivity contribution in [1.29, 1.82) is 0 Å². The second-order valence-corrected chi connectivity index (χ2v) is 6.97. The number of hydrogen-bond acceptors (Lipinski definition) is 4. The number of aryl methyl sites for hydroxylation is 2. The van der Waals surface area contributed by atoms with Crippen LogP contribution in [0.1, 0.15) is 31.5 Å². The van der Waals surface area contributed by atoms with E-state index in [1.165, 1.54) is 0 Å². The molecule has 2 N–H and O–H groups in total. The summed E-state index contributed by atoms with van der Waals surface area (Å²) in [6, 6.07) is -0.0162. The van der Waals surface area contributed by atoms with E-state index in [-0.39, 0.29) is 11.1 Å². The van der Waals surface area contributed by atoms with E-state index in [0.717, 1.165) is 51.0 Å². The molecule has 1 fully saturated rings. The fourth-order valence-corrected chi connectivity index (χ4v) is 4.00. The normalized spacial score (nSPS) is 24.1. The molecule has 3 heterocycles. The van der Waals surface area contributed by atoms with Crippen LogP contribution in [0.2, 0.25) is 0 Å². The topological polar surface area (TPSA) is 76.0 Å². The third-order valence-electron chi connectivity index (χ3n) is 3.78. The molecule has 1 atom stereocenters. The van der Waals surface area contributed by atoms with E-state index in [0.29, 0.717) is 6.54 Å². The summed E-state index contributed by atoms with van der Waals surface area (Å²) in [5.74, 6) is 0.897. The van der Waals surface area contributed by atoms with E-state index in [2.05, 4.69) is 15.0 Å². The summed E-state index contributed by atoms with van der Waals surface area (Å²) >= 11 is 0. The van der Waals surface area contributed by atoms with Gasteiger partial charge in [0, 0.05) is 31.7 Å². The molecule has 106 valence electrons. The predicted molar refractivity (Wildman–Crippen MR) is 71.4 cm³/mol. The highest BCUT2D eigenvalue weighted by atomic mass is 32.2. The van der Waals surface area contributed by atoms with Crippen LogP contribution >= 0.6 is 0 Å². The highest BCUT2D eigenvalue weighted by Crippen LogP contribution is 2.18. The predicted octanol–water partition coefficient (Wildman–Crippen LogP) is 0.250. The molecule has 1 aromatic rings. The smallest absolute Gasteiger partial charge is 0.259 e. The summed E-state index contributed by atoms with van der Waals surface area (Å²) in [5, 5.41) is 3.38. The Balaban J connectivity index is 1.77. The van der Waals surface area contributed by atoms with Gasteiger partial charge in [0.05, 0.1) is 0 Å². The number of nitrogens with one attached hydrogen (secondary N) is 2. The maximum atomic E-state index is 12.3. The molecular weight excluding hydrogens is 264 g/mol. The molecule has 7 heteroatoms. The van der Waals surface area contributed by atoms with Crippen molar-refractivity contribution >= 4 is 10.0 Å². The van der Waals surface area contributed by atoms with Crippen molar-refractivity contribution in [3.63, 3.8) is 0 Å². The van der Waals surface area contributed by atoms with E-state index in [1.807, 2.05) is 4.57 Å². The monoisotopic (exact) mass is 284 g/mol. The van der Waals surface area contributed by atoms with Gasteiger partial charge in [-0.05, 0) is 32.2 Å². The molecule has 0 aliphatic carbocycles. The van der Waals surface area contributed by atoms with Crippen molar-refractivity contribution in [3.8, 4) is 0 Å². The number of piperidine rings is 1. The van der Waals surface area contributed by atoms with Crippen LogP contribution in [-0.2, 0) is 23.0 Å². The highest BCUT2D eigenvalue weighted by molar-refractivity contribution is 7.89. The maximum absolute atomic E-state index is 12.3. The van der Waals surface area contributed by atoms with Crippen LogP contribution in [0.15, 0.2) is 11.2 Å². The lowest BCUT2D eigenvalue weighted by Crippen LogP contribution is -2.45. The van der Waals surface area contributed by atoms with Gasteiger partial charge < -0.3 is 9.88 Å². The first-order valence-electron chi connectivity index (χ1n) is 6.94. The zero-order chi connectivity index (χ0) is 13.3. The first-order chi connectivity index (χ1) is 9.15. The maximum Gasteiger partial charge on any atom is 0.259 e. The Kier molecular flexibility index (Phi) is 3.60. The molecule has 1 aromatic heterocycles. The van der Waals surface area contributed by atoms with Crippen LogP contribution < -0.4 is 10.0 Å². The fourth-order valence-electron chi connectivity index (χ4n) is 2.75. The summed E-state index contributed by atoms with van der Waals surface area (Å²) in [7, 11) is -3.48. The van der Waals surface area contributed by atoms with E-state index in [9.17, 15) is 8.42 Å². The fraction of sp³-hybridized carbons (Fsp3) is 0.750. The molecule has 0 amide bonds. The van der Waals surface area contributed by atoms with E-state index in [4.69, 9.17) is 0 Å². The number of hydrogen-bond donors (Lipinski definition) is 2. The molecule has 1 unspecified atom stereocenters. The van der Waals surface area contributed by atoms with Gasteiger partial charge in [-0.3, -0.25) is 0 Å². The minimum Gasteiger partial charge on any atom is -0.333 e. The Morgan fingerprint density at radius 1 is 1.37 bits per heavy atom. The molecule has 6 nitrogen and oxygen atoms in total. The van der Waals surface area contributed by atoms with Crippen LogP contribution in [-0.4, -0.2) is 37.1 Å². The van der Waals surface area contributed by atoms with Crippen molar-refractivity contribution in [2.45, 2.75) is 49.7 Å². The van der Waals surface area contributed by atoms with Gasteiger partial charge >= 0.3 is 0 Å². The number of fused-ring (bicyclic) bond motifs is 1. The van der Waals surface area contributed by atoms with Gasteiger partial charge in [0.25, 0.3) is 10.0 Å². The molecular formula is C12H20N4O2S. The van der Waals surface area contributed by atoms with Crippen molar-refractivity contribution in [3.05, 3.63) is 12.0 Å². The standard InChI is InChI=1S/C12H20N4O2S/c17-19(18,15-10-4-3-6-13-8-10)12-9-16-7-2-1-5-11(16)14-12/h9-10,13,15H,1-8H2. The average molecular weight is 284 g/mol. The Morgan fingerprint density at radius 2 is 2.26 bits per heavy atom. The first kappa shape index (κ1) is 13.1. The van der Waals surface area contributed by atoms with Gasteiger partial charge in [-0.2, -0.15) is 0 Å². The van der Waals surface area contributed by atoms with Gasteiger partial charge in [0.2, 0.25) is 0 Å². The van der Waals surface area contributed by atoms with Crippen molar-refractivity contribution in [2.24, 2.45) is 0 Å². The molecule has 0 spiro atoms. The minimum atomic E-state index is -3.48. The quantitative estimate of drug-likeness (QED) is 0.834. The van der Waals surface area contributed by atoms with Crippen molar-refractivity contribution in [2.75, 3.05) is 13.1 Å². The second kappa shape index (κ2) is 5.22. The van der Waals surface area contributed by atoms with E-state index >= 15 is 0 Å². The summed E-state index contributed by atoms with van der Waals surface area (Å²) in [6.45, 7) is 2.55. The van der Waals surface area contributed by atoms with Gasteiger partial charge in [0.15, 0.2) is 5.03 Å². The molecule has 2 aliphatic rings. The van der Waals surface area contributed by atoms with E-state index in [1.54, 1.807) is 6.20 Å². The third-order valence-corrected chi connectivity index (χ3v) is 5.17. The summed E-state index contributed by atoms with van der Waals surface area (Å²) in [6.07, 6.45) is 6.64. The van der Waals surface area contributed by atoms with Crippen molar-refractivity contribution < 1.29 is 8.42 Å². The van der Waals surface area contributed by atoms with Gasteiger partial charge in [0.1, 0.15) is 5.82 Å². The largest absolute Gasteiger partial charge is 0.333 e. The van der Waals surface area contributed by atoms with Gasteiger partial charge in [-0.15, -0.1) is 0 Å². The number of imidazole rings is 1. The Hall–Kier alpha value is -0.920. The molecule has 0 saturated carbocycles. The number of rotatable bonds is 3. The van der Waals surface area contributed by atoms with Crippen LogP contribution in [0.5, 0.6) is 0 Å². The summed E-state index contributed by atoms with van der Waals surface area (Å²) in [5.41, 5.74) is 0. The molecule has 2 aliphatic heterocycles. The zero-order valence-corrected chi connectivity index (χ0v) is 11.7. The Bertz CT molecular complexity index is 523. The SMILES string of the molecule is O=S(=O)(NC1CCCNC1)c1cn2c(n1)CCCC2. The molecule has 3 rings (SSSR count). The van der Waals surface area contributed by atoms with E-state index < -0.39 is 10.0 Å². The van der Waals surface area contributed by atoms with Crippen molar-refractivity contribution in [1.82, 2.24) is 19.6 Å². The minimum absolute atomic E-state index is 0.0162. The Labute approximate surface area is 113 Å². The van der Waals surface area contributed by atoms with Crippen LogP contribution in [0.3, 0.4) is 0 Å². The van der Waals surface area contributed by atoms with Gasteiger partial charge in [-0.1, -0.05) is 0 Å². The van der Waals surface area contributed by atoms with Gasteiger partial charge in [-0.25, -0.2) is 18.1 Å². The lowest BCUT2D eigenvalue weighted by atomic mass is 10.1. The molecule has 0 aromatic carbocycles. The summed E-state index contributed by atoms with van der Waals surface area (Å²) < 4.78 is 29.3. The second-order valence-electron chi connectivity index (χ2n) is 5.31. The molecule has 19 heavy (non-hydrogen) atoms. The highest BCUT2D eigenvalue weighted by Gasteiger charge is 2.25. The summed E-state index contributed by atoms with van der Waals surface area (Å²) in [4.78, 5) is 4.28. The first-order valence-corrected chi connectivity index (χ1v) is 8.42. The Morgan fingerprint density at radius 3 is 3.00 bits per heavy atom. The molecule has 0 radical (unpaired) electrons. The lowest BCUT2D eigenvalue weighted by Gasteiger charge is -2.23.